The number of carbonyl (C=O) groups is 4. The second-order valence-electron chi connectivity index (χ2n) is 12.2. The molecule has 4 amide bonds. The average Bonchev–Trinajstić information content (AvgIpc) is 3.70. The van der Waals surface area contributed by atoms with Gasteiger partial charge in [-0.25, -0.2) is 0 Å². The molecule has 0 fully saturated rings. The fraction of sp³-hybridized carbons (Fsp3) is 0.231. The highest BCUT2D eigenvalue weighted by Crippen LogP contribution is 2.33. The van der Waals surface area contributed by atoms with Crippen LogP contribution in [0.1, 0.15) is 43.8 Å². The van der Waals surface area contributed by atoms with Gasteiger partial charge < -0.3 is 24.8 Å². The second kappa shape index (κ2) is 16.2. The number of nitrogens with zero attached hydrogens (tertiary/aromatic N) is 2. The van der Waals surface area contributed by atoms with Crippen LogP contribution >= 0.6 is 23.2 Å². The normalized spacial score (nSPS) is 14.5. The summed E-state index contributed by atoms with van der Waals surface area (Å²) in [4.78, 5) is 55.6. The van der Waals surface area contributed by atoms with Crippen LogP contribution in [0.25, 0.3) is 6.08 Å². The van der Waals surface area contributed by atoms with Gasteiger partial charge in [0.05, 0.1) is 23.3 Å². The molecule has 0 saturated carbocycles. The summed E-state index contributed by atoms with van der Waals surface area (Å²) < 4.78 is 10.9. The number of amides is 4. The Labute approximate surface area is 305 Å². The van der Waals surface area contributed by atoms with Crippen molar-refractivity contribution < 1.29 is 33.8 Å². The van der Waals surface area contributed by atoms with Crippen LogP contribution in [0.4, 0.5) is 0 Å². The minimum Gasteiger partial charge on any atom is -0.454 e. The fourth-order valence-electron chi connectivity index (χ4n) is 6.05. The SMILES string of the molecule is O=C(/C=C/c1c(Cl)cccc1Cl)N[C@@H](Cc1ccccc1)[C@@H](O)CN(CCc1ccc2c(c1)OCO2)C(=O)CCN1C(=O)c2ccccc2C1=O. The molecule has 2 atom stereocenters. The Morgan fingerprint density at radius 3 is 2.24 bits per heavy atom. The first-order valence-corrected chi connectivity index (χ1v) is 17.2. The van der Waals surface area contributed by atoms with Crippen molar-refractivity contribution in [2.75, 3.05) is 26.4 Å². The van der Waals surface area contributed by atoms with E-state index in [1.807, 2.05) is 42.5 Å². The molecule has 4 aromatic carbocycles. The lowest BCUT2D eigenvalue weighted by Crippen LogP contribution is -2.51. The van der Waals surface area contributed by atoms with Gasteiger partial charge in [-0.2, -0.15) is 0 Å². The van der Waals surface area contributed by atoms with Crippen molar-refractivity contribution >= 4 is 52.9 Å². The van der Waals surface area contributed by atoms with Crippen LogP contribution in [0.5, 0.6) is 11.5 Å². The standard InChI is InChI=1S/C39H35Cl2N3O7/c40-30-11-6-12-31(41)29(30)14-16-36(46)42-32(21-25-7-2-1-3-8-25)33(45)23-43(19-17-26-13-15-34-35(22-26)51-24-50-34)37(47)18-20-44-38(48)27-9-4-5-10-28(27)39(44)49/h1-16,22,32-33,45H,17-21,23-24H2,(H,42,46)/b16-14+/t32-,33-/m0/s1. The molecule has 0 saturated heterocycles. The van der Waals surface area contributed by atoms with Crippen molar-refractivity contribution in [3.63, 3.8) is 0 Å². The Hall–Kier alpha value is -5.16. The van der Waals surface area contributed by atoms with Gasteiger partial charge in [0, 0.05) is 47.7 Å². The van der Waals surface area contributed by atoms with E-state index < -0.39 is 29.9 Å². The summed E-state index contributed by atoms with van der Waals surface area (Å²) >= 11 is 12.5. The summed E-state index contributed by atoms with van der Waals surface area (Å²) in [5.74, 6) is -0.528. The van der Waals surface area contributed by atoms with Gasteiger partial charge in [-0.3, -0.25) is 24.1 Å². The predicted octanol–water partition coefficient (Wildman–Crippen LogP) is 5.58. The summed E-state index contributed by atoms with van der Waals surface area (Å²) in [6, 6.07) is 25.7. The van der Waals surface area contributed by atoms with Gasteiger partial charge in [0.2, 0.25) is 18.6 Å². The summed E-state index contributed by atoms with van der Waals surface area (Å²) in [6.07, 6.45) is 2.13. The van der Waals surface area contributed by atoms with E-state index in [4.69, 9.17) is 32.7 Å². The maximum absolute atomic E-state index is 13.9. The van der Waals surface area contributed by atoms with E-state index in [0.717, 1.165) is 16.0 Å². The van der Waals surface area contributed by atoms with E-state index in [-0.39, 0.29) is 45.2 Å². The van der Waals surface area contributed by atoms with Crippen LogP contribution in [-0.4, -0.2) is 77.1 Å². The molecule has 0 aliphatic carbocycles. The molecule has 51 heavy (non-hydrogen) atoms. The van der Waals surface area contributed by atoms with E-state index in [1.54, 1.807) is 48.5 Å². The zero-order chi connectivity index (χ0) is 35.9. The first kappa shape index (κ1) is 35.7. The number of rotatable bonds is 14. The highest BCUT2D eigenvalue weighted by Gasteiger charge is 2.35. The molecule has 0 unspecified atom stereocenters. The van der Waals surface area contributed by atoms with E-state index in [9.17, 15) is 24.3 Å². The van der Waals surface area contributed by atoms with Crippen molar-refractivity contribution in [1.29, 1.82) is 0 Å². The van der Waals surface area contributed by atoms with Crippen LogP contribution in [0.3, 0.4) is 0 Å². The second-order valence-corrected chi connectivity index (χ2v) is 13.0. The maximum Gasteiger partial charge on any atom is 0.261 e. The largest absolute Gasteiger partial charge is 0.454 e. The lowest BCUT2D eigenvalue weighted by molar-refractivity contribution is -0.133. The number of imide groups is 1. The Bertz CT molecular complexity index is 1910. The van der Waals surface area contributed by atoms with Gasteiger partial charge in [0.15, 0.2) is 11.5 Å². The Morgan fingerprint density at radius 1 is 0.863 bits per heavy atom. The molecule has 4 aromatic rings. The van der Waals surface area contributed by atoms with E-state index in [2.05, 4.69) is 5.32 Å². The quantitative estimate of drug-likeness (QED) is 0.128. The van der Waals surface area contributed by atoms with Crippen LogP contribution in [-0.2, 0) is 22.4 Å². The zero-order valence-corrected chi connectivity index (χ0v) is 29.0. The number of halogens is 2. The first-order chi connectivity index (χ1) is 24.7. The number of benzene rings is 4. The summed E-state index contributed by atoms with van der Waals surface area (Å²) in [6.45, 7) is 0.0713. The lowest BCUT2D eigenvalue weighted by Gasteiger charge is -2.31. The average molecular weight is 729 g/mol. The Balaban J connectivity index is 1.19. The predicted molar refractivity (Wildman–Crippen MR) is 193 cm³/mol. The number of nitrogens with one attached hydrogen (secondary N) is 1. The van der Waals surface area contributed by atoms with Crippen LogP contribution in [0, 0.1) is 0 Å². The third-order valence-corrected chi connectivity index (χ3v) is 9.45. The molecule has 0 spiro atoms. The summed E-state index contributed by atoms with van der Waals surface area (Å²) in [5.41, 5.74) is 2.83. The number of aliphatic hydroxyl groups is 1. The topological polar surface area (TPSA) is 125 Å². The monoisotopic (exact) mass is 727 g/mol. The number of hydrogen-bond donors (Lipinski definition) is 2. The van der Waals surface area contributed by atoms with Gasteiger partial charge in [0.1, 0.15) is 0 Å². The third kappa shape index (κ3) is 8.60. The van der Waals surface area contributed by atoms with Gasteiger partial charge >= 0.3 is 0 Å². The van der Waals surface area contributed by atoms with Gasteiger partial charge in [0.25, 0.3) is 11.8 Å². The minimum atomic E-state index is -1.20. The minimum absolute atomic E-state index is 0.124. The molecule has 6 rings (SSSR count). The van der Waals surface area contributed by atoms with Crippen molar-refractivity contribution in [3.05, 3.63) is 135 Å². The molecule has 2 aliphatic heterocycles. The summed E-state index contributed by atoms with van der Waals surface area (Å²) in [7, 11) is 0. The van der Waals surface area contributed by atoms with Crippen LogP contribution in [0.2, 0.25) is 10.0 Å². The Kier molecular flexibility index (Phi) is 11.4. The fourth-order valence-corrected chi connectivity index (χ4v) is 6.57. The lowest BCUT2D eigenvalue weighted by atomic mass is 10.00. The number of carbonyl (C=O) groups excluding carboxylic acids is 4. The van der Waals surface area contributed by atoms with Gasteiger partial charge in [-0.15, -0.1) is 0 Å². The summed E-state index contributed by atoms with van der Waals surface area (Å²) in [5, 5.41) is 15.3. The van der Waals surface area contributed by atoms with Crippen molar-refractivity contribution in [2.24, 2.45) is 0 Å². The van der Waals surface area contributed by atoms with Crippen molar-refractivity contribution in [2.45, 2.75) is 31.4 Å². The highest BCUT2D eigenvalue weighted by molar-refractivity contribution is 6.37. The number of hydrogen-bond acceptors (Lipinski definition) is 7. The third-order valence-electron chi connectivity index (χ3n) is 8.79. The van der Waals surface area contributed by atoms with Gasteiger partial charge in [-0.05, 0) is 66.4 Å². The van der Waals surface area contributed by atoms with E-state index in [1.165, 1.54) is 17.1 Å². The molecule has 10 nitrogen and oxygen atoms in total. The van der Waals surface area contributed by atoms with Crippen molar-refractivity contribution in [1.82, 2.24) is 15.1 Å². The highest BCUT2D eigenvalue weighted by atomic mass is 35.5. The molecule has 2 aliphatic rings. The number of ether oxygens (including phenoxy) is 2. The Morgan fingerprint density at radius 2 is 1.53 bits per heavy atom. The van der Waals surface area contributed by atoms with E-state index >= 15 is 0 Å². The van der Waals surface area contributed by atoms with Crippen LogP contribution < -0.4 is 14.8 Å². The molecule has 2 N–H and O–H groups in total. The molecule has 0 radical (unpaired) electrons. The maximum atomic E-state index is 13.9. The molecular weight excluding hydrogens is 693 g/mol. The first-order valence-electron chi connectivity index (χ1n) is 16.4. The van der Waals surface area contributed by atoms with Crippen molar-refractivity contribution in [3.8, 4) is 11.5 Å². The number of fused-ring (bicyclic) bond motifs is 2. The molecule has 262 valence electrons. The molecule has 2 heterocycles. The molecule has 12 heteroatoms. The van der Waals surface area contributed by atoms with Crippen LogP contribution in [0.15, 0.2) is 97.1 Å². The molecular formula is C39H35Cl2N3O7. The zero-order valence-electron chi connectivity index (χ0n) is 27.5. The number of aliphatic hydroxyl groups excluding tert-OH is 1. The molecule has 0 aromatic heterocycles. The smallest absolute Gasteiger partial charge is 0.261 e. The van der Waals surface area contributed by atoms with Gasteiger partial charge in [-0.1, -0.05) is 77.8 Å². The molecule has 0 bridgehead atoms. The van der Waals surface area contributed by atoms with E-state index in [0.29, 0.717) is 44.7 Å².